The summed E-state index contributed by atoms with van der Waals surface area (Å²) in [5.74, 6) is 3.32. The van der Waals surface area contributed by atoms with Crippen molar-refractivity contribution in [3.8, 4) is 5.75 Å². The molecule has 4 heteroatoms. The van der Waals surface area contributed by atoms with Gasteiger partial charge in [0, 0.05) is 17.5 Å². The van der Waals surface area contributed by atoms with Crippen LogP contribution < -0.4 is 10.1 Å². The third kappa shape index (κ3) is 3.58. The van der Waals surface area contributed by atoms with E-state index in [2.05, 4.69) is 47.2 Å². The van der Waals surface area contributed by atoms with Crippen LogP contribution in [-0.4, -0.2) is 24.7 Å². The molecule has 1 heterocycles. The Kier molecular flexibility index (Phi) is 4.49. The number of nitrogens with one attached hydrogen (secondary N) is 1. The highest BCUT2D eigenvalue weighted by Gasteiger charge is 2.28. The zero-order valence-electron chi connectivity index (χ0n) is 11.1. The molecule has 1 aliphatic heterocycles. The van der Waals surface area contributed by atoms with Gasteiger partial charge in [0.1, 0.15) is 5.75 Å². The molecule has 18 heavy (non-hydrogen) atoms. The van der Waals surface area contributed by atoms with Gasteiger partial charge in [0.05, 0.1) is 11.6 Å². The lowest BCUT2D eigenvalue weighted by molar-refractivity contribution is 0.358. The van der Waals surface area contributed by atoms with E-state index in [9.17, 15) is 0 Å². The van der Waals surface area contributed by atoms with Crippen LogP contribution in [0, 0.1) is 5.41 Å². The number of ether oxygens (including phenoxy) is 1. The van der Waals surface area contributed by atoms with Crippen LogP contribution >= 0.6 is 27.7 Å². The topological polar surface area (TPSA) is 21.3 Å². The summed E-state index contributed by atoms with van der Waals surface area (Å²) in [4.78, 5) is 0. The Bertz CT molecular complexity index is 422. The van der Waals surface area contributed by atoms with Crippen molar-refractivity contribution in [2.75, 3.05) is 23.9 Å². The molecule has 1 saturated heterocycles. The van der Waals surface area contributed by atoms with Gasteiger partial charge < -0.3 is 10.1 Å². The molecule has 1 fully saturated rings. The molecule has 0 aromatic heterocycles. The van der Waals surface area contributed by atoms with E-state index in [-0.39, 0.29) is 0 Å². The molecule has 0 radical (unpaired) electrons. The van der Waals surface area contributed by atoms with Crippen LogP contribution in [0.5, 0.6) is 5.75 Å². The first kappa shape index (κ1) is 14.1. The lowest BCUT2D eigenvalue weighted by atomic mass is 9.88. The van der Waals surface area contributed by atoms with E-state index in [1.807, 2.05) is 17.8 Å². The average molecular weight is 330 g/mol. The Morgan fingerprint density at radius 2 is 2.22 bits per heavy atom. The van der Waals surface area contributed by atoms with Gasteiger partial charge in [0.15, 0.2) is 0 Å². The number of rotatable bonds is 3. The number of benzene rings is 1. The number of hydrogen-bond donors (Lipinski definition) is 1. The van der Waals surface area contributed by atoms with Gasteiger partial charge in [-0.3, -0.25) is 0 Å². The van der Waals surface area contributed by atoms with Gasteiger partial charge in [-0.2, -0.15) is 11.8 Å². The monoisotopic (exact) mass is 329 g/mol. The molecule has 1 N–H and O–H groups in total. The number of hydrogen-bond acceptors (Lipinski definition) is 3. The van der Waals surface area contributed by atoms with Crippen LogP contribution in [0.4, 0.5) is 5.69 Å². The van der Waals surface area contributed by atoms with E-state index in [0.29, 0.717) is 11.5 Å². The van der Waals surface area contributed by atoms with Crippen LogP contribution in [0.15, 0.2) is 22.7 Å². The van der Waals surface area contributed by atoms with E-state index in [0.717, 1.165) is 15.9 Å². The minimum atomic E-state index is 0.435. The second kappa shape index (κ2) is 5.74. The quantitative estimate of drug-likeness (QED) is 0.887. The molecule has 1 unspecified atom stereocenters. The molecule has 2 nitrogen and oxygen atoms in total. The van der Waals surface area contributed by atoms with Gasteiger partial charge in [-0.15, -0.1) is 0 Å². The fourth-order valence-corrected chi connectivity index (χ4v) is 4.16. The number of methoxy groups -OCH3 is 1. The van der Waals surface area contributed by atoms with Gasteiger partial charge in [0.25, 0.3) is 0 Å². The Balaban J connectivity index is 2.03. The Morgan fingerprint density at radius 1 is 1.44 bits per heavy atom. The fraction of sp³-hybridized carbons (Fsp3) is 0.571. The first-order valence-corrected chi connectivity index (χ1v) is 8.13. The van der Waals surface area contributed by atoms with Crippen molar-refractivity contribution in [2.24, 2.45) is 5.41 Å². The fourth-order valence-electron chi connectivity index (χ4n) is 2.35. The van der Waals surface area contributed by atoms with Gasteiger partial charge in [-0.05, 0) is 51.7 Å². The van der Waals surface area contributed by atoms with E-state index in [4.69, 9.17) is 4.74 Å². The molecule has 0 bridgehead atoms. The maximum Gasteiger partial charge on any atom is 0.133 e. The number of thioether (sulfide) groups is 1. The second-order valence-corrected chi connectivity index (χ2v) is 7.46. The van der Waals surface area contributed by atoms with Gasteiger partial charge in [0.2, 0.25) is 0 Å². The molecular weight excluding hydrogens is 310 g/mol. The zero-order chi connectivity index (χ0) is 13.2. The highest BCUT2D eigenvalue weighted by molar-refractivity contribution is 9.10. The molecule has 0 spiro atoms. The maximum absolute atomic E-state index is 5.24. The first-order valence-electron chi connectivity index (χ1n) is 6.18. The summed E-state index contributed by atoms with van der Waals surface area (Å²) in [7, 11) is 1.69. The molecule has 0 aliphatic carbocycles. The van der Waals surface area contributed by atoms with Crippen molar-refractivity contribution in [3.63, 3.8) is 0 Å². The van der Waals surface area contributed by atoms with Crippen molar-refractivity contribution < 1.29 is 4.74 Å². The number of halogens is 1. The minimum Gasteiger partial charge on any atom is -0.496 e. The van der Waals surface area contributed by atoms with Crippen molar-refractivity contribution in [2.45, 2.75) is 26.3 Å². The summed E-state index contributed by atoms with van der Waals surface area (Å²) in [6.45, 7) is 4.69. The van der Waals surface area contributed by atoms with E-state index >= 15 is 0 Å². The summed E-state index contributed by atoms with van der Waals surface area (Å²) in [6, 6.07) is 6.72. The molecular formula is C14H20BrNOS. The Labute approximate surface area is 122 Å². The van der Waals surface area contributed by atoms with Crippen molar-refractivity contribution >= 4 is 33.4 Å². The number of anilines is 1. The van der Waals surface area contributed by atoms with Crippen molar-refractivity contribution in [3.05, 3.63) is 22.7 Å². The van der Waals surface area contributed by atoms with Crippen LogP contribution in [0.3, 0.4) is 0 Å². The zero-order valence-corrected chi connectivity index (χ0v) is 13.5. The van der Waals surface area contributed by atoms with Crippen LogP contribution in [-0.2, 0) is 0 Å². The van der Waals surface area contributed by atoms with Gasteiger partial charge >= 0.3 is 0 Å². The largest absolute Gasteiger partial charge is 0.496 e. The normalized spacial score (nSPS) is 22.6. The summed E-state index contributed by atoms with van der Waals surface area (Å²) in [5.41, 5.74) is 1.59. The summed E-state index contributed by atoms with van der Waals surface area (Å²) < 4.78 is 6.24. The predicted molar refractivity (Wildman–Crippen MR) is 83.8 cm³/mol. The van der Waals surface area contributed by atoms with Crippen molar-refractivity contribution in [1.82, 2.24) is 0 Å². The minimum absolute atomic E-state index is 0.435. The second-order valence-electron chi connectivity index (χ2n) is 5.57. The predicted octanol–water partition coefficient (Wildman–Crippen LogP) is 4.40. The Hall–Kier alpha value is -0.350. The lowest BCUT2D eigenvalue weighted by Gasteiger charge is -2.35. The molecule has 100 valence electrons. The van der Waals surface area contributed by atoms with E-state index in [1.165, 1.54) is 17.9 Å². The average Bonchev–Trinajstić information content (AvgIpc) is 2.28. The van der Waals surface area contributed by atoms with Crippen LogP contribution in [0.1, 0.15) is 20.3 Å². The van der Waals surface area contributed by atoms with E-state index < -0.39 is 0 Å². The molecule has 1 aliphatic rings. The summed E-state index contributed by atoms with van der Waals surface area (Å²) >= 11 is 5.57. The molecule has 0 amide bonds. The highest BCUT2D eigenvalue weighted by Crippen LogP contribution is 2.35. The van der Waals surface area contributed by atoms with Crippen LogP contribution in [0.25, 0.3) is 0 Å². The van der Waals surface area contributed by atoms with Crippen molar-refractivity contribution in [1.29, 1.82) is 0 Å². The van der Waals surface area contributed by atoms with Crippen LogP contribution in [0.2, 0.25) is 0 Å². The molecule has 2 rings (SSSR count). The summed E-state index contributed by atoms with van der Waals surface area (Å²) in [5, 5.41) is 3.62. The molecule has 1 aromatic rings. The Morgan fingerprint density at radius 3 is 2.83 bits per heavy atom. The third-order valence-electron chi connectivity index (χ3n) is 3.13. The standard InChI is InChI=1S/C14H20BrNOS/c1-14(2)7-11(8-18-9-14)16-10-4-5-13(17-3)12(15)6-10/h4-6,11,16H,7-9H2,1-3H3. The molecule has 1 aromatic carbocycles. The third-order valence-corrected chi connectivity index (χ3v) is 5.38. The smallest absolute Gasteiger partial charge is 0.133 e. The summed E-state index contributed by atoms with van der Waals surface area (Å²) in [6.07, 6.45) is 1.23. The highest BCUT2D eigenvalue weighted by atomic mass is 79.9. The van der Waals surface area contributed by atoms with Gasteiger partial charge in [-0.1, -0.05) is 13.8 Å². The molecule has 0 saturated carbocycles. The van der Waals surface area contributed by atoms with E-state index in [1.54, 1.807) is 7.11 Å². The SMILES string of the molecule is COc1ccc(NC2CSCC(C)(C)C2)cc1Br. The maximum atomic E-state index is 5.24. The lowest BCUT2D eigenvalue weighted by Crippen LogP contribution is -2.35. The molecule has 1 atom stereocenters. The first-order chi connectivity index (χ1) is 8.50. The van der Waals surface area contributed by atoms with Gasteiger partial charge in [-0.25, -0.2) is 0 Å².